The number of esters is 1. The molecule has 0 aliphatic carbocycles. The summed E-state index contributed by atoms with van der Waals surface area (Å²) in [5.74, 6) is 0.697. The second-order valence-corrected chi connectivity index (χ2v) is 4.36. The van der Waals surface area contributed by atoms with Crippen LogP contribution >= 0.6 is 0 Å². The Balaban J connectivity index is 2.82. The van der Waals surface area contributed by atoms with E-state index in [-0.39, 0.29) is 5.97 Å². The molecule has 1 aromatic rings. The number of anilines is 1. The van der Waals surface area contributed by atoms with Gasteiger partial charge in [-0.1, -0.05) is 0 Å². The maximum Gasteiger partial charge on any atom is 0.307 e. The number of nitrogens with zero attached hydrogens (tertiary/aromatic N) is 1. The van der Waals surface area contributed by atoms with E-state index in [1.54, 1.807) is 7.11 Å². The van der Waals surface area contributed by atoms with Crippen molar-refractivity contribution >= 4 is 11.7 Å². The van der Waals surface area contributed by atoms with Crippen LogP contribution in [-0.2, 0) is 9.53 Å². The molecule has 0 aliphatic rings. The minimum atomic E-state index is -0.190. The van der Waals surface area contributed by atoms with Crippen molar-refractivity contribution < 1.29 is 14.3 Å². The van der Waals surface area contributed by atoms with Gasteiger partial charge in [0.2, 0.25) is 0 Å². The van der Waals surface area contributed by atoms with Crippen molar-refractivity contribution in [2.24, 2.45) is 0 Å². The first-order chi connectivity index (χ1) is 8.49. The average molecular weight is 251 g/mol. The van der Waals surface area contributed by atoms with Gasteiger partial charge in [-0.05, 0) is 37.1 Å². The topological polar surface area (TPSA) is 38.8 Å². The van der Waals surface area contributed by atoms with E-state index in [0.717, 1.165) is 22.6 Å². The SMILES string of the molecule is COC(=O)CCN(C)c1cc(C)c(OC)cc1C. The third-order valence-corrected chi connectivity index (χ3v) is 3.00. The molecular formula is C14H21NO3. The van der Waals surface area contributed by atoms with Crippen LogP contribution in [0.2, 0.25) is 0 Å². The Morgan fingerprint density at radius 2 is 1.89 bits per heavy atom. The Morgan fingerprint density at radius 3 is 2.44 bits per heavy atom. The fourth-order valence-corrected chi connectivity index (χ4v) is 1.89. The predicted molar refractivity (Wildman–Crippen MR) is 72.4 cm³/mol. The molecule has 1 rings (SSSR count). The predicted octanol–water partition coefficient (Wildman–Crippen LogP) is 2.31. The van der Waals surface area contributed by atoms with Crippen LogP contribution in [0.15, 0.2) is 12.1 Å². The van der Waals surface area contributed by atoms with Gasteiger partial charge in [0.1, 0.15) is 5.75 Å². The molecule has 0 heterocycles. The maximum absolute atomic E-state index is 11.1. The van der Waals surface area contributed by atoms with Gasteiger partial charge in [0, 0.05) is 19.3 Å². The molecule has 0 unspecified atom stereocenters. The van der Waals surface area contributed by atoms with E-state index >= 15 is 0 Å². The summed E-state index contributed by atoms with van der Waals surface area (Å²) in [6, 6.07) is 4.09. The Morgan fingerprint density at radius 1 is 1.22 bits per heavy atom. The Bertz CT molecular complexity index is 429. The summed E-state index contributed by atoms with van der Waals surface area (Å²) in [6.45, 7) is 4.68. The molecule has 1 aromatic carbocycles. The van der Waals surface area contributed by atoms with Crippen LogP contribution in [0.25, 0.3) is 0 Å². The lowest BCUT2D eigenvalue weighted by atomic mass is 10.1. The van der Waals surface area contributed by atoms with Crippen LogP contribution in [0.1, 0.15) is 17.5 Å². The van der Waals surface area contributed by atoms with Gasteiger partial charge in [-0.2, -0.15) is 0 Å². The molecule has 0 spiro atoms. The summed E-state index contributed by atoms with van der Waals surface area (Å²) in [6.07, 6.45) is 0.386. The summed E-state index contributed by atoms with van der Waals surface area (Å²) < 4.78 is 9.92. The van der Waals surface area contributed by atoms with Crippen LogP contribution in [0, 0.1) is 13.8 Å². The monoisotopic (exact) mass is 251 g/mol. The number of carbonyl (C=O) groups excluding carboxylic acids is 1. The first kappa shape index (κ1) is 14.4. The summed E-state index contributed by atoms with van der Waals surface area (Å²) >= 11 is 0. The van der Waals surface area contributed by atoms with E-state index in [4.69, 9.17) is 4.74 Å². The van der Waals surface area contributed by atoms with Gasteiger partial charge in [-0.15, -0.1) is 0 Å². The molecule has 0 aliphatic heterocycles. The number of aryl methyl sites for hydroxylation is 2. The van der Waals surface area contributed by atoms with Crippen molar-refractivity contribution in [2.45, 2.75) is 20.3 Å². The molecule has 0 saturated carbocycles. The molecule has 0 bridgehead atoms. The van der Waals surface area contributed by atoms with Crippen molar-refractivity contribution in [3.63, 3.8) is 0 Å². The highest BCUT2D eigenvalue weighted by molar-refractivity contribution is 5.70. The summed E-state index contributed by atoms with van der Waals surface area (Å²) in [4.78, 5) is 13.2. The molecule has 0 aromatic heterocycles. The number of hydrogen-bond donors (Lipinski definition) is 0. The lowest BCUT2D eigenvalue weighted by Gasteiger charge is -2.22. The van der Waals surface area contributed by atoms with Crippen LogP contribution < -0.4 is 9.64 Å². The molecule has 0 amide bonds. The molecule has 0 saturated heterocycles. The van der Waals surface area contributed by atoms with E-state index < -0.39 is 0 Å². The summed E-state index contributed by atoms with van der Waals surface area (Å²) in [7, 11) is 5.05. The second-order valence-electron chi connectivity index (χ2n) is 4.36. The Kier molecular flexibility index (Phi) is 5.01. The molecule has 0 N–H and O–H groups in total. The summed E-state index contributed by atoms with van der Waals surface area (Å²) in [5, 5.41) is 0. The highest BCUT2D eigenvalue weighted by Gasteiger charge is 2.10. The Labute approximate surface area is 108 Å². The average Bonchev–Trinajstić information content (AvgIpc) is 2.37. The van der Waals surface area contributed by atoms with Gasteiger partial charge < -0.3 is 14.4 Å². The highest BCUT2D eigenvalue weighted by Crippen LogP contribution is 2.28. The fraction of sp³-hybridized carbons (Fsp3) is 0.500. The smallest absolute Gasteiger partial charge is 0.307 e. The van der Waals surface area contributed by atoms with Crippen molar-refractivity contribution in [1.29, 1.82) is 0 Å². The lowest BCUT2D eigenvalue weighted by molar-refractivity contribution is -0.140. The number of hydrogen-bond acceptors (Lipinski definition) is 4. The van der Waals surface area contributed by atoms with Crippen LogP contribution in [0.5, 0.6) is 5.75 Å². The van der Waals surface area contributed by atoms with E-state index in [1.807, 2.05) is 27.0 Å². The molecule has 100 valence electrons. The van der Waals surface area contributed by atoms with Crippen molar-refractivity contribution in [3.8, 4) is 5.75 Å². The number of rotatable bonds is 5. The molecule has 4 nitrogen and oxygen atoms in total. The van der Waals surface area contributed by atoms with Gasteiger partial charge in [0.25, 0.3) is 0 Å². The number of ether oxygens (including phenoxy) is 2. The number of benzene rings is 1. The van der Waals surface area contributed by atoms with Crippen molar-refractivity contribution in [2.75, 3.05) is 32.7 Å². The third-order valence-electron chi connectivity index (χ3n) is 3.00. The molecule has 18 heavy (non-hydrogen) atoms. The fourth-order valence-electron chi connectivity index (χ4n) is 1.89. The molecular weight excluding hydrogens is 230 g/mol. The molecule has 0 fully saturated rings. The standard InChI is InChI=1S/C14H21NO3/c1-10-9-13(17-4)11(2)8-12(10)15(3)7-6-14(16)18-5/h8-9H,6-7H2,1-5H3. The zero-order valence-electron chi connectivity index (χ0n) is 11.7. The van der Waals surface area contributed by atoms with Gasteiger partial charge in [-0.3, -0.25) is 4.79 Å². The normalized spacial score (nSPS) is 10.1. The highest BCUT2D eigenvalue weighted by atomic mass is 16.5. The first-order valence-electron chi connectivity index (χ1n) is 5.92. The quantitative estimate of drug-likeness (QED) is 0.753. The van der Waals surface area contributed by atoms with Crippen LogP contribution in [0.3, 0.4) is 0 Å². The molecule has 0 atom stereocenters. The van der Waals surface area contributed by atoms with Gasteiger partial charge in [0.15, 0.2) is 0 Å². The molecule has 0 radical (unpaired) electrons. The van der Waals surface area contributed by atoms with Gasteiger partial charge >= 0.3 is 5.97 Å². The maximum atomic E-state index is 11.1. The van der Waals surface area contributed by atoms with E-state index in [9.17, 15) is 4.79 Å². The lowest BCUT2D eigenvalue weighted by Crippen LogP contribution is -2.22. The minimum absolute atomic E-state index is 0.190. The number of methoxy groups -OCH3 is 2. The Hall–Kier alpha value is -1.71. The zero-order valence-corrected chi connectivity index (χ0v) is 11.7. The zero-order chi connectivity index (χ0) is 13.7. The minimum Gasteiger partial charge on any atom is -0.496 e. The third kappa shape index (κ3) is 3.39. The number of carbonyl (C=O) groups is 1. The van der Waals surface area contributed by atoms with Crippen molar-refractivity contribution in [3.05, 3.63) is 23.3 Å². The molecule has 4 heteroatoms. The largest absolute Gasteiger partial charge is 0.496 e. The van der Waals surface area contributed by atoms with E-state index in [2.05, 4.69) is 15.7 Å². The van der Waals surface area contributed by atoms with Gasteiger partial charge in [-0.25, -0.2) is 0 Å². The van der Waals surface area contributed by atoms with Crippen LogP contribution in [0.4, 0.5) is 5.69 Å². The van der Waals surface area contributed by atoms with E-state index in [0.29, 0.717) is 13.0 Å². The summed E-state index contributed by atoms with van der Waals surface area (Å²) in [5.41, 5.74) is 3.32. The first-order valence-corrected chi connectivity index (χ1v) is 5.92. The second kappa shape index (κ2) is 6.28. The van der Waals surface area contributed by atoms with Gasteiger partial charge in [0.05, 0.1) is 20.6 Å². The van der Waals surface area contributed by atoms with E-state index in [1.165, 1.54) is 7.11 Å². The van der Waals surface area contributed by atoms with Crippen LogP contribution in [-0.4, -0.2) is 33.8 Å². The van der Waals surface area contributed by atoms with Crippen molar-refractivity contribution in [1.82, 2.24) is 0 Å².